The fraction of sp³-hybridized carbons (Fsp3) is 1.00. The molecule has 4 aliphatic rings. The topological polar surface area (TPSA) is 0 Å². The van der Waals surface area contributed by atoms with Crippen LogP contribution in [-0.4, -0.2) is 61.3 Å². The van der Waals surface area contributed by atoms with Gasteiger partial charge < -0.3 is 8.97 Å². The molecule has 0 aromatic carbocycles. The van der Waals surface area contributed by atoms with Crippen LogP contribution in [0.25, 0.3) is 0 Å². The molecular weight excluding hydrogens is 232 g/mol. The molecule has 2 heteroatoms. The van der Waals surface area contributed by atoms with E-state index in [1.807, 2.05) is 0 Å². The first kappa shape index (κ1) is 12.6. The van der Waals surface area contributed by atoms with Gasteiger partial charge in [-0.3, -0.25) is 0 Å². The number of piperidine rings is 4. The number of rotatable bonds is 0. The highest BCUT2D eigenvalue weighted by atomic mass is 15.4. The average Bonchev–Trinajstić information content (AvgIpc) is 2.37. The van der Waals surface area contributed by atoms with Gasteiger partial charge in [-0.25, -0.2) is 0 Å². The molecule has 0 radical (unpaired) electrons. The SMILES string of the molecule is C[N+]12CCCC[C@@H]1C1C[C@@H](C2)[C@H]2CCCC[N+]2(C)C1. The molecule has 4 saturated heterocycles. The molecule has 2 bridgehead atoms. The van der Waals surface area contributed by atoms with Crippen molar-refractivity contribution in [2.75, 3.05) is 40.3 Å². The smallest absolute Gasteiger partial charge is 0.0971 e. The van der Waals surface area contributed by atoms with Gasteiger partial charge in [-0.2, -0.15) is 0 Å². The number of hydrogen-bond acceptors (Lipinski definition) is 0. The molecule has 4 fully saturated rings. The van der Waals surface area contributed by atoms with Gasteiger partial charge in [0, 0.05) is 12.8 Å². The van der Waals surface area contributed by atoms with E-state index in [0.717, 1.165) is 23.9 Å². The monoisotopic (exact) mass is 264 g/mol. The third-order valence-corrected chi connectivity index (χ3v) is 7.44. The lowest BCUT2D eigenvalue weighted by molar-refractivity contribution is -0.997. The Hall–Kier alpha value is -0.0800. The molecule has 108 valence electrons. The quantitative estimate of drug-likeness (QED) is 0.590. The van der Waals surface area contributed by atoms with Crippen LogP contribution in [-0.2, 0) is 0 Å². The van der Waals surface area contributed by atoms with Crippen LogP contribution < -0.4 is 0 Å². The molecule has 3 unspecified atom stereocenters. The van der Waals surface area contributed by atoms with Crippen molar-refractivity contribution in [1.29, 1.82) is 0 Å². The van der Waals surface area contributed by atoms with Crippen LogP contribution in [0.4, 0.5) is 0 Å². The van der Waals surface area contributed by atoms with Crippen LogP contribution in [0.15, 0.2) is 0 Å². The van der Waals surface area contributed by atoms with Crippen molar-refractivity contribution in [3.05, 3.63) is 0 Å². The summed E-state index contributed by atoms with van der Waals surface area (Å²) in [7, 11) is 5.20. The van der Waals surface area contributed by atoms with Crippen LogP contribution in [0, 0.1) is 11.8 Å². The molecule has 2 nitrogen and oxygen atoms in total. The standard InChI is InChI=1S/C17H32N2/c1-18-9-5-3-7-16(18)15-11-14(12-18)17-8-4-6-10-19(17,2)13-15/h14-17H,3-13H2,1-2H3/q+2/t14-,15?,16+,17+,18?,19?/m0/s1. The molecule has 0 N–H and O–H groups in total. The maximum atomic E-state index is 2.60. The highest BCUT2D eigenvalue weighted by Gasteiger charge is 2.58. The zero-order valence-corrected chi connectivity index (χ0v) is 13.0. The van der Waals surface area contributed by atoms with Gasteiger partial charge in [-0.1, -0.05) is 0 Å². The summed E-state index contributed by atoms with van der Waals surface area (Å²) >= 11 is 0. The van der Waals surface area contributed by atoms with Gasteiger partial charge in [-0.15, -0.1) is 0 Å². The average molecular weight is 264 g/mol. The Bertz CT molecular complexity index is 334. The Morgan fingerprint density at radius 3 is 1.63 bits per heavy atom. The number of fused-ring (bicyclic) bond motifs is 6. The minimum atomic E-state index is 1.02. The van der Waals surface area contributed by atoms with Crippen LogP contribution >= 0.6 is 0 Å². The van der Waals surface area contributed by atoms with Gasteiger partial charge in [0.15, 0.2) is 0 Å². The fourth-order valence-electron chi connectivity index (χ4n) is 6.72. The second-order valence-corrected chi connectivity index (χ2v) is 8.65. The summed E-state index contributed by atoms with van der Waals surface area (Å²) in [5.41, 5.74) is 0. The Morgan fingerprint density at radius 2 is 1.16 bits per heavy atom. The summed E-state index contributed by atoms with van der Waals surface area (Å²) in [4.78, 5) is 0. The number of nitrogens with zero attached hydrogens (tertiary/aromatic N) is 2. The molecule has 0 amide bonds. The molecule has 6 atom stereocenters. The van der Waals surface area contributed by atoms with Gasteiger partial charge >= 0.3 is 0 Å². The van der Waals surface area contributed by atoms with Crippen molar-refractivity contribution in [1.82, 2.24) is 0 Å². The Morgan fingerprint density at radius 1 is 0.684 bits per heavy atom. The van der Waals surface area contributed by atoms with Gasteiger partial charge in [0.1, 0.15) is 0 Å². The molecule has 0 aromatic rings. The Kier molecular flexibility index (Phi) is 2.80. The first-order chi connectivity index (χ1) is 9.11. The van der Waals surface area contributed by atoms with E-state index in [2.05, 4.69) is 14.1 Å². The van der Waals surface area contributed by atoms with E-state index in [4.69, 9.17) is 0 Å². The zero-order chi connectivity index (χ0) is 13.1. The predicted octanol–water partition coefficient (Wildman–Crippen LogP) is 2.63. The summed E-state index contributed by atoms with van der Waals surface area (Å²) in [6, 6.07) is 2.03. The minimum absolute atomic E-state index is 1.02. The van der Waals surface area contributed by atoms with E-state index in [1.54, 1.807) is 6.42 Å². The van der Waals surface area contributed by atoms with Gasteiger partial charge in [0.25, 0.3) is 0 Å². The molecule has 0 aromatic heterocycles. The highest BCUT2D eigenvalue weighted by molar-refractivity contribution is 4.90. The third-order valence-electron chi connectivity index (χ3n) is 7.44. The van der Waals surface area contributed by atoms with Gasteiger partial charge in [0.05, 0.1) is 64.2 Å². The van der Waals surface area contributed by atoms with Crippen LogP contribution in [0.1, 0.15) is 44.9 Å². The molecule has 0 aliphatic carbocycles. The minimum Gasteiger partial charge on any atom is -0.323 e. The number of quaternary nitrogens is 2. The van der Waals surface area contributed by atoms with E-state index < -0.39 is 0 Å². The van der Waals surface area contributed by atoms with Gasteiger partial charge in [-0.05, 0) is 32.1 Å². The molecule has 0 saturated carbocycles. The fourth-order valence-corrected chi connectivity index (χ4v) is 6.72. The van der Waals surface area contributed by atoms with E-state index in [1.165, 1.54) is 73.7 Å². The van der Waals surface area contributed by atoms with Crippen LogP contribution in [0.3, 0.4) is 0 Å². The normalized spacial score (nSPS) is 57.2. The summed E-state index contributed by atoms with van der Waals surface area (Å²) in [5.74, 6) is 2.09. The van der Waals surface area contributed by atoms with Gasteiger partial charge in [0.2, 0.25) is 0 Å². The van der Waals surface area contributed by atoms with E-state index in [-0.39, 0.29) is 0 Å². The first-order valence-electron chi connectivity index (χ1n) is 8.79. The molecule has 4 heterocycles. The lowest BCUT2D eigenvalue weighted by atomic mass is 9.68. The van der Waals surface area contributed by atoms with E-state index in [0.29, 0.717) is 0 Å². The lowest BCUT2D eigenvalue weighted by Crippen LogP contribution is -2.74. The Balaban J connectivity index is 1.65. The van der Waals surface area contributed by atoms with Crippen LogP contribution in [0.2, 0.25) is 0 Å². The highest BCUT2D eigenvalue weighted by Crippen LogP contribution is 2.47. The summed E-state index contributed by atoms with van der Waals surface area (Å²) in [6.45, 7) is 5.99. The maximum Gasteiger partial charge on any atom is 0.0971 e. The van der Waals surface area contributed by atoms with Crippen molar-refractivity contribution in [2.24, 2.45) is 11.8 Å². The van der Waals surface area contributed by atoms with Crippen LogP contribution in [0.5, 0.6) is 0 Å². The zero-order valence-electron chi connectivity index (χ0n) is 13.0. The van der Waals surface area contributed by atoms with Crippen molar-refractivity contribution < 1.29 is 8.97 Å². The first-order valence-corrected chi connectivity index (χ1v) is 8.79. The Labute approximate surface area is 118 Å². The molecule has 4 rings (SSSR count). The third kappa shape index (κ3) is 1.82. The molecular formula is C17H32N2+2. The summed E-state index contributed by atoms with van der Waals surface area (Å²) in [5, 5.41) is 0. The molecule has 4 aliphatic heterocycles. The second kappa shape index (κ2) is 4.21. The molecule has 19 heavy (non-hydrogen) atoms. The summed E-state index contributed by atoms with van der Waals surface area (Å²) in [6.07, 6.45) is 10.6. The molecule has 0 spiro atoms. The number of hydrogen-bond donors (Lipinski definition) is 0. The van der Waals surface area contributed by atoms with E-state index >= 15 is 0 Å². The maximum absolute atomic E-state index is 2.60. The van der Waals surface area contributed by atoms with Crippen molar-refractivity contribution in [2.45, 2.75) is 57.0 Å². The largest absolute Gasteiger partial charge is 0.323 e. The van der Waals surface area contributed by atoms with E-state index in [9.17, 15) is 0 Å². The van der Waals surface area contributed by atoms with Crippen molar-refractivity contribution in [3.63, 3.8) is 0 Å². The predicted molar refractivity (Wildman–Crippen MR) is 78.7 cm³/mol. The lowest BCUT2D eigenvalue weighted by Gasteiger charge is -2.62. The second-order valence-electron chi connectivity index (χ2n) is 8.65. The van der Waals surface area contributed by atoms with Crippen molar-refractivity contribution >= 4 is 0 Å². The summed E-state index contributed by atoms with van der Waals surface area (Å²) < 4.78 is 2.90. The van der Waals surface area contributed by atoms with Crippen molar-refractivity contribution in [3.8, 4) is 0 Å².